The average molecular weight is 265 g/mol. The maximum absolute atomic E-state index is 6.07. The standard InChI is InChI=1S/C14H23N3O2/c1-3-8-18-13-9-10(2)16-14(17-13)19-12-7-5-4-6-11(12)15/h9,11-12H,3-8,15H2,1-2H3. The topological polar surface area (TPSA) is 70.3 Å². The number of rotatable bonds is 5. The molecule has 5 heteroatoms. The summed E-state index contributed by atoms with van der Waals surface area (Å²) in [4.78, 5) is 8.59. The Bertz CT molecular complexity index is 412. The van der Waals surface area contributed by atoms with Gasteiger partial charge < -0.3 is 15.2 Å². The minimum Gasteiger partial charge on any atom is -0.478 e. The third-order valence-corrected chi connectivity index (χ3v) is 3.27. The smallest absolute Gasteiger partial charge is 0.320 e. The van der Waals surface area contributed by atoms with Crippen LogP contribution >= 0.6 is 0 Å². The first kappa shape index (κ1) is 14.1. The van der Waals surface area contributed by atoms with Crippen LogP contribution in [0.2, 0.25) is 0 Å². The van der Waals surface area contributed by atoms with Crippen molar-refractivity contribution in [1.82, 2.24) is 9.97 Å². The summed E-state index contributed by atoms with van der Waals surface area (Å²) in [7, 11) is 0. The van der Waals surface area contributed by atoms with E-state index in [9.17, 15) is 0 Å². The molecule has 0 aliphatic heterocycles. The highest BCUT2D eigenvalue weighted by Crippen LogP contribution is 2.22. The second kappa shape index (κ2) is 6.70. The van der Waals surface area contributed by atoms with Crippen LogP contribution in [0.1, 0.15) is 44.7 Å². The predicted octanol–water partition coefficient (Wildman–Crippen LogP) is 2.22. The number of ether oxygens (including phenoxy) is 2. The van der Waals surface area contributed by atoms with Crippen molar-refractivity contribution in [1.29, 1.82) is 0 Å². The van der Waals surface area contributed by atoms with E-state index in [1.54, 1.807) is 0 Å². The third-order valence-electron chi connectivity index (χ3n) is 3.27. The molecule has 1 aromatic heterocycles. The highest BCUT2D eigenvalue weighted by Gasteiger charge is 2.24. The molecule has 1 saturated carbocycles. The molecule has 2 unspecified atom stereocenters. The minimum absolute atomic E-state index is 0.0228. The Morgan fingerprint density at radius 2 is 2.11 bits per heavy atom. The van der Waals surface area contributed by atoms with E-state index in [1.807, 2.05) is 13.0 Å². The second-order valence-corrected chi connectivity index (χ2v) is 5.08. The maximum Gasteiger partial charge on any atom is 0.320 e. The lowest BCUT2D eigenvalue weighted by atomic mass is 9.93. The highest BCUT2D eigenvalue weighted by atomic mass is 16.5. The number of hydrogen-bond donors (Lipinski definition) is 1. The van der Waals surface area contributed by atoms with Gasteiger partial charge in [0.25, 0.3) is 0 Å². The third kappa shape index (κ3) is 4.06. The molecular formula is C14H23N3O2. The van der Waals surface area contributed by atoms with E-state index >= 15 is 0 Å². The number of aromatic nitrogens is 2. The zero-order valence-corrected chi connectivity index (χ0v) is 11.8. The van der Waals surface area contributed by atoms with Gasteiger partial charge in [-0.1, -0.05) is 13.3 Å². The van der Waals surface area contributed by atoms with E-state index in [1.165, 1.54) is 6.42 Å². The lowest BCUT2D eigenvalue weighted by molar-refractivity contribution is 0.119. The summed E-state index contributed by atoms with van der Waals surface area (Å²) in [5.74, 6) is 0.578. The molecule has 1 aliphatic carbocycles. The molecule has 2 rings (SSSR count). The fourth-order valence-corrected chi connectivity index (χ4v) is 2.25. The molecule has 0 saturated heterocycles. The first-order valence-electron chi connectivity index (χ1n) is 7.09. The molecule has 1 heterocycles. The maximum atomic E-state index is 6.07. The molecule has 1 aliphatic rings. The number of nitrogens with zero attached hydrogens (tertiary/aromatic N) is 2. The zero-order valence-electron chi connectivity index (χ0n) is 11.8. The highest BCUT2D eigenvalue weighted by molar-refractivity contribution is 5.17. The van der Waals surface area contributed by atoms with Crippen molar-refractivity contribution in [3.05, 3.63) is 11.8 Å². The van der Waals surface area contributed by atoms with Gasteiger partial charge in [-0.25, -0.2) is 4.98 Å². The summed E-state index contributed by atoms with van der Waals surface area (Å²) in [6, 6.07) is 2.29. The summed E-state index contributed by atoms with van der Waals surface area (Å²) in [5.41, 5.74) is 6.92. The Labute approximate surface area is 114 Å². The largest absolute Gasteiger partial charge is 0.478 e. The van der Waals surface area contributed by atoms with E-state index in [4.69, 9.17) is 15.2 Å². The molecule has 2 atom stereocenters. The van der Waals surface area contributed by atoms with Crippen molar-refractivity contribution in [3.63, 3.8) is 0 Å². The number of nitrogens with two attached hydrogens (primary N) is 1. The Hall–Kier alpha value is -1.36. The van der Waals surface area contributed by atoms with Crippen LogP contribution in [0.5, 0.6) is 11.9 Å². The Morgan fingerprint density at radius 1 is 1.32 bits per heavy atom. The molecule has 106 valence electrons. The summed E-state index contributed by atoms with van der Waals surface area (Å²) in [6.45, 7) is 4.62. The molecule has 2 N–H and O–H groups in total. The van der Waals surface area contributed by atoms with E-state index in [0.29, 0.717) is 18.5 Å². The molecule has 0 amide bonds. The molecule has 0 bridgehead atoms. The van der Waals surface area contributed by atoms with Gasteiger partial charge in [0.05, 0.1) is 6.61 Å². The first-order chi connectivity index (χ1) is 9.19. The zero-order chi connectivity index (χ0) is 13.7. The summed E-state index contributed by atoms with van der Waals surface area (Å²) in [5, 5.41) is 0. The first-order valence-corrected chi connectivity index (χ1v) is 7.09. The monoisotopic (exact) mass is 265 g/mol. The van der Waals surface area contributed by atoms with Crippen LogP contribution in [-0.4, -0.2) is 28.7 Å². The predicted molar refractivity (Wildman–Crippen MR) is 73.4 cm³/mol. The van der Waals surface area contributed by atoms with Crippen LogP contribution in [0.3, 0.4) is 0 Å². The molecule has 19 heavy (non-hydrogen) atoms. The van der Waals surface area contributed by atoms with E-state index < -0.39 is 0 Å². The van der Waals surface area contributed by atoms with Gasteiger partial charge in [-0.15, -0.1) is 0 Å². The van der Waals surface area contributed by atoms with Crippen LogP contribution in [0.25, 0.3) is 0 Å². The summed E-state index contributed by atoms with van der Waals surface area (Å²) in [6.07, 6.45) is 5.30. The molecule has 5 nitrogen and oxygen atoms in total. The molecular weight excluding hydrogens is 242 g/mol. The minimum atomic E-state index is 0.0228. The second-order valence-electron chi connectivity index (χ2n) is 5.08. The van der Waals surface area contributed by atoms with Crippen LogP contribution in [0.15, 0.2) is 6.07 Å². The summed E-state index contributed by atoms with van der Waals surface area (Å²) < 4.78 is 11.4. The van der Waals surface area contributed by atoms with Gasteiger partial charge >= 0.3 is 6.01 Å². The number of hydrogen-bond acceptors (Lipinski definition) is 5. The van der Waals surface area contributed by atoms with E-state index in [0.717, 1.165) is 31.4 Å². The Morgan fingerprint density at radius 3 is 2.84 bits per heavy atom. The Balaban J connectivity index is 2.04. The van der Waals surface area contributed by atoms with E-state index in [2.05, 4.69) is 16.9 Å². The quantitative estimate of drug-likeness (QED) is 0.884. The normalized spacial score (nSPS) is 23.1. The van der Waals surface area contributed by atoms with Gasteiger partial charge in [0, 0.05) is 17.8 Å². The molecule has 0 radical (unpaired) electrons. The van der Waals surface area contributed by atoms with Crippen molar-refractivity contribution in [2.45, 2.75) is 58.1 Å². The fraction of sp³-hybridized carbons (Fsp3) is 0.714. The van der Waals surface area contributed by atoms with Gasteiger partial charge in [-0.2, -0.15) is 4.98 Å². The summed E-state index contributed by atoms with van der Waals surface area (Å²) >= 11 is 0. The lowest BCUT2D eigenvalue weighted by Crippen LogP contribution is -2.41. The molecule has 0 spiro atoms. The molecule has 1 fully saturated rings. The molecule has 1 aromatic rings. The number of aryl methyl sites for hydroxylation is 1. The van der Waals surface area contributed by atoms with Gasteiger partial charge in [-0.3, -0.25) is 0 Å². The van der Waals surface area contributed by atoms with Crippen LogP contribution in [0.4, 0.5) is 0 Å². The van der Waals surface area contributed by atoms with Gasteiger partial charge in [0.1, 0.15) is 6.10 Å². The molecule has 0 aromatic carbocycles. The van der Waals surface area contributed by atoms with Crippen molar-refractivity contribution in [2.75, 3.05) is 6.61 Å². The average Bonchev–Trinajstić information content (AvgIpc) is 2.38. The lowest BCUT2D eigenvalue weighted by Gasteiger charge is -2.28. The van der Waals surface area contributed by atoms with E-state index in [-0.39, 0.29) is 12.1 Å². The van der Waals surface area contributed by atoms with Crippen molar-refractivity contribution in [3.8, 4) is 11.9 Å². The van der Waals surface area contributed by atoms with Crippen molar-refractivity contribution >= 4 is 0 Å². The van der Waals surface area contributed by atoms with Crippen LogP contribution < -0.4 is 15.2 Å². The SMILES string of the molecule is CCCOc1cc(C)nc(OC2CCCCC2N)n1. The van der Waals surface area contributed by atoms with Crippen molar-refractivity contribution < 1.29 is 9.47 Å². The fourth-order valence-electron chi connectivity index (χ4n) is 2.25. The van der Waals surface area contributed by atoms with Gasteiger partial charge in [0.15, 0.2) is 0 Å². The van der Waals surface area contributed by atoms with Crippen LogP contribution in [-0.2, 0) is 0 Å². The van der Waals surface area contributed by atoms with Gasteiger partial charge in [0.2, 0.25) is 5.88 Å². The van der Waals surface area contributed by atoms with Crippen molar-refractivity contribution in [2.24, 2.45) is 5.73 Å². The Kier molecular flexibility index (Phi) is 4.96. The van der Waals surface area contributed by atoms with Gasteiger partial charge in [-0.05, 0) is 32.6 Å². The van der Waals surface area contributed by atoms with Crippen LogP contribution in [0, 0.1) is 6.92 Å².